The number of esters is 1. The van der Waals surface area contributed by atoms with E-state index in [9.17, 15) is 9.59 Å². The summed E-state index contributed by atoms with van der Waals surface area (Å²) in [6.07, 6.45) is 5.80. The summed E-state index contributed by atoms with van der Waals surface area (Å²) in [6, 6.07) is 4.99. The van der Waals surface area contributed by atoms with Crippen molar-refractivity contribution in [2.75, 3.05) is 26.1 Å². The van der Waals surface area contributed by atoms with E-state index in [0.717, 1.165) is 44.1 Å². The maximum atomic E-state index is 13.0. The molecule has 1 heterocycles. The van der Waals surface area contributed by atoms with Gasteiger partial charge >= 0.3 is 5.97 Å². The van der Waals surface area contributed by atoms with Crippen molar-refractivity contribution in [3.8, 4) is 11.5 Å². The lowest BCUT2D eigenvalue weighted by Gasteiger charge is -2.11. The van der Waals surface area contributed by atoms with Crippen LogP contribution >= 0.6 is 11.3 Å². The number of ether oxygens (including phenoxy) is 3. The van der Waals surface area contributed by atoms with E-state index in [1.165, 1.54) is 30.4 Å². The van der Waals surface area contributed by atoms with Gasteiger partial charge in [-0.3, -0.25) is 4.79 Å². The molecule has 0 saturated heterocycles. The largest absolute Gasteiger partial charge is 0.497 e. The van der Waals surface area contributed by atoms with Gasteiger partial charge in [0.1, 0.15) is 16.5 Å². The Kier molecular flexibility index (Phi) is 7.14. The van der Waals surface area contributed by atoms with Crippen molar-refractivity contribution in [3.05, 3.63) is 39.8 Å². The molecule has 1 aliphatic rings. The Hall–Kier alpha value is -2.54. The molecule has 0 atom stereocenters. The lowest BCUT2D eigenvalue weighted by molar-refractivity contribution is 0.0505. The third-order valence-electron chi connectivity index (χ3n) is 4.90. The Morgan fingerprint density at radius 1 is 1.03 bits per heavy atom. The number of hydrogen-bond donors (Lipinski definition) is 1. The van der Waals surface area contributed by atoms with E-state index in [4.69, 9.17) is 14.2 Å². The highest BCUT2D eigenvalue weighted by molar-refractivity contribution is 7.17. The van der Waals surface area contributed by atoms with Gasteiger partial charge in [-0.05, 0) is 49.8 Å². The summed E-state index contributed by atoms with van der Waals surface area (Å²) in [4.78, 5) is 26.9. The predicted molar refractivity (Wildman–Crippen MR) is 114 cm³/mol. The molecule has 3 rings (SSSR count). The van der Waals surface area contributed by atoms with Crippen molar-refractivity contribution in [3.63, 3.8) is 0 Å². The van der Waals surface area contributed by atoms with Crippen LogP contribution in [-0.4, -0.2) is 32.7 Å². The minimum absolute atomic E-state index is 0.317. The number of carbonyl (C=O) groups is 2. The molecule has 0 aliphatic heterocycles. The molecule has 1 amide bonds. The number of thiophene rings is 1. The number of fused-ring (bicyclic) bond motifs is 1. The second-order valence-corrected chi connectivity index (χ2v) is 8.07. The standard InChI is InChI=1S/C22H27NO5S/c1-4-10-28-22(25)19-17-8-6-5-7-9-18(17)29-21(19)23-20(24)14-11-15(26-2)13-16(12-14)27-3/h11-13H,4-10H2,1-3H3,(H,23,24). The van der Waals surface area contributed by atoms with Crippen molar-refractivity contribution in [2.45, 2.75) is 45.4 Å². The highest BCUT2D eigenvalue weighted by Gasteiger charge is 2.27. The molecule has 0 bridgehead atoms. The summed E-state index contributed by atoms with van der Waals surface area (Å²) in [5.74, 6) is 0.381. The zero-order valence-corrected chi connectivity index (χ0v) is 17.9. The van der Waals surface area contributed by atoms with Gasteiger partial charge in [0.25, 0.3) is 5.91 Å². The van der Waals surface area contributed by atoms with Crippen molar-refractivity contribution in [1.82, 2.24) is 0 Å². The molecule has 0 saturated carbocycles. The number of rotatable bonds is 7. The minimum atomic E-state index is -0.357. The molecule has 1 aromatic carbocycles. The first-order valence-electron chi connectivity index (χ1n) is 9.93. The number of methoxy groups -OCH3 is 2. The smallest absolute Gasteiger partial charge is 0.341 e. The quantitative estimate of drug-likeness (QED) is 0.515. The highest BCUT2D eigenvalue weighted by atomic mass is 32.1. The molecular weight excluding hydrogens is 390 g/mol. The number of aryl methyl sites for hydroxylation is 1. The summed E-state index contributed by atoms with van der Waals surface area (Å²) in [7, 11) is 3.07. The molecule has 156 valence electrons. The molecule has 0 radical (unpaired) electrons. The normalized spacial score (nSPS) is 13.2. The van der Waals surface area contributed by atoms with Crippen LogP contribution < -0.4 is 14.8 Å². The summed E-state index contributed by atoms with van der Waals surface area (Å²) in [6.45, 7) is 2.32. The molecule has 1 aromatic heterocycles. The van der Waals surface area contributed by atoms with Crippen molar-refractivity contribution in [2.24, 2.45) is 0 Å². The lowest BCUT2D eigenvalue weighted by Crippen LogP contribution is -2.15. The van der Waals surface area contributed by atoms with Gasteiger partial charge in [-0.2, -0.15) is 0 Å². The van der Waals surface area contributed by atoms with Gasteiger partial charge in [0.05, 0.1) is 26.4 Å². The molecule has 0 unspecified atom stereocenters. The molecule has 6 nitrogen and oxygen atoms in total. The molecule has 29 heavy (non-hydrogen) atoms. The first-order chi connectivity index (χ1) is 14.1. The van der Waals surface area contributed by atoms with Crippen molar-refractivity contribution < 1.29 is 23.8 Å². The van der Waals surface area contributed by atoms with E-state index in [1.807, 2.05) is 6.92 Å². The van der Waals surface area contributed by atoms with Gasteiger partial charge in [-0.25, -0.2) is 4.79 Å². The van der Waals surface area contributed by atoms with Gasteiger partial charge in [0.15, 0.2) is 0 Å². The van der Waals surface area contributed by atoms with E-state index >= 15 is 0 Å². The fourth-order valence-electron chi connectivity index (χ4n) is 3.43. The Balaban J connectivity index is 1.94. The third kappa shape index (κ3) is 4.90. The number of nitrogens with one attached hydrogen (secondary N) is 1. The fraction of sp³-hybridized carbons (Fsp3) is 0.455. The summed E-state index contributed by atoms with van der Waals surface area (Å²) in [5, 5.41) is 3.49. The molecule has 0 fully saturated rings. The van der Waals surface area contributed by atoms with Crippen LogP contribution in [0.3, 0.4) is 0 Å². The van der Waals surface area contributed by atoms with Crippen LogP contribution in [-0.2, 0) is 17.6 Å². The van der Waals surface area contributed by atoms with Crippen molar-refractivity contribution in [1.29, 1.82) is 0 Å². The minimum Gasteiger partial charge on any atom is -0.497 e. The second-order valence-electron chi connectivity index (χ2n) is 6.96. The summed E-state index contributed by atoms with van der Waals surface area (Å²) >= 11 is 1.48. The average Bonchev–Trinajstić information content (AvgIpc) is 2.91. The van der Waals surface area contributed by atoms with Crippen LogP contribution in [0.4, 0.5) is 5.00 Å². The molecule has 7 heteroatoms. The molecule has 1 aliphatic carbocycles. The summed E-state index contributed by atoms with van der Waals surface area (Å²) in [5.41, 5.74) is 1.95. The van der Waals surface area contributed by atoms with Gasteiger partial charge < -0.3 is 19.5 Å². The van der Waals surface area contributed by atoms with E-state index in [-0.39, 0.29) is 11.9 Å². The van der Waals surface area contributed by atoms with E-state index in [0.29, 0.717) is 34.2 Å². The first-order valence-corrected chi connectivity index (χ1v) is 10.7. The highest BCUT2D eigenvalue weighted by Crippen LogP contribution is 2.38. The molecule has 2 aromatic rings. The van der Waals surface area contributed by atoms with E-state index < -0.39 is 0 Å². The van der Waals surface area contributed by atoms with Crippen LogP contribution in [0.2, 0.25) is 0 Å². The Labute approximate surface area is 175 Å². The number of anilines is 1. The number of benzene rings is 1. The van der Waals surface area contributed by atoms with Gasteiger partial charge in [-0.1, -0.05) is 13.3 Å². The topological polar surface area (TPSA) is 73.9 Å². The molecule has 0 spiro atoms. The van der Waals surface area contributed by atoms with Gasteiger partial charge in [0, 0.05) is 16.5 Å². The predicted octanol–water partition coefficient (Wildman–Crippen LogP) is 4.85. The maximum Gasteiger partial charge on any atom is 0.341 e. The van der Waals surface area contributed by atoms with Gasteiger partial charge in [0.2, 0.25) is 0 Å². The van der Waals surface area contributed by atoms with Crippen molar-refractivity contribution >= 4 is 28.2 Å². The SMILES string of the molecule is CCCOC(=O)c1c(NC(=O)c2cc(OC)cc(OC)c2)sc2c1CCCCC2. The Morgan fingerprint density at radius 3 is 2.38 bits per heavy atom. The molecular formula is C22H27NO5S. The van der Waals surface area contributed by atoms with Crippen LogP contribution in [0.5, 0.6) is 11.5 Å². The second kappa shape index (κ2) is 9.78. The Morgan fingerprint density at radius 2 is 1.72 bits per heavy atom. The number of hydrogen-bond acceptors (Lipinski definition) is 6. The van der Waals surface area contributed by atoms with Crippen LogP contribution in [0.15, 0.2) is 18.2 Å². The van der Waals surface area contributed by atoms with E-state index in [1.54, 1.807) is 18.2 Å². The monoisotopic (exact) mass is 417 g/mol. The number of carbonyl (C=O) groups excluding carboxylic acids is 2. The Bertz CT molecular complexity index is 867. The zero-order valence-electron chi connectivity index (χ0n) is 17.1. The van der Waals surface area contributed by atoms with Crippen LogP contribution in [0, 0.1) is 0 Å². The van der Waals surface area contributed by atoms with E-state index in [2.05, 4.69) is 5.32 Å². The first kappa shape index (κ1) is 21.2. The number of amides is 1. The van der Waals surface area contributed by atoms with Crippen LogP contribution in [0.1, 0.15) is 63.8 Å². The molecule has 1 N–H and O–H groups in total. The zero-order chi connectivity index (χ0) is 20.8. The van der Waals surface area contributed by atoms with Crippen LogP contribution in [0.25, 0.3) is 0 Å². The lowest BCUT2D eigenvalue weighted by atomic mass is 10.1. The van der Waals surface area contributed by atoms with Gasteiger partial charge in [-0.15, -0.1) is 11.3 Å². The summed E-state index contributed by atoms with van der Waals surface area (Å²) < 4.78 is 15.9. The third-order valence-corrected chi connectivity index (χ3v) is 6.11. The average molecular weight is 418 g/mol. The fourth-order valence-corrected chi connectivity index (χ4v) is 4.70. The maximum absolute atomic E-state index is 13.0.